The molecule has 0 saturated heterocycles. The monoisotopic (exact) mass is 386 g/mol. The molecular formula is C23H22N4O2. The van der Waals surface area contributed by atoms with Crippen LogP contribution in [0.5, 0.6) is 5.75 Å². The Bertz CT molecular complexity index is 1180. The van der Waals surface area contributed by atoms with Crippen molar-refractivity contribution < 1.29 is 9.26 Å². The first-order valence-corrected chi connectivity index (χ1v) is 9.73. The van der Waals surface area contributed by atoms with Gasteiger partial charge in [-0.05, 0) is 61.7 Å². The van der Waals surface area contributed by atoms with Crippen LogP contribution in [-0.2, 0) is 6.42 Å². The molecule has 146 valence electrons. The van der Waals surface area contributed by atoms with Gasteiger partial charge in [0.05, 0.1) is 18.7 Å². The molecule has 29 heavy (non-hydrogen) atoms. The summed E-state index contributed by atoms with van der Waals surface area (Å²) in [6.07, 6.45) is 2.09. The number of aryl methyl sites for hydroxylation is 2. The van der Waals surface area contributed by atoms with Crippen LogP contribution >= 0.6 is 0 Å². The lowest BCUT2D eigenvalue weighted by Gasteiger charge is -2.17. The molecule has 0 fully saturated rings. The predicted octanol–water partition coefficient (Wildman–Crippen LogP) is 5.38. The van der Waals surface area contributed by atoms with Gasteiger partial charge in [-0.25, -0.2) is 4.98 Å². The Labute approximate surface area is 168 Å². The standard InChI is InChI=1S/C23H22N4O2/c1-14-12-22(27-29-14)24-17-8-10-18-16(13-17)7-11-21(25-18)26-19-9-6-15-4-3-5-20(28-2)23(15)19/h3-5,7-8,10-13,19H,6,9H2,1-2H3,(H,24,27)(H,25,26). The fourth-order valence-electron chi connectivity index (χ4n) is 4.00. The lowest BCUT2D eigenvalue weighted by molar-refractivity contribution is 0.400. The molecule has 2 N–H and O–H groups in total. The van der Waals surface area contributed by atoms with Crippen LogP contribution in [0.1, 0.15) is 29.3 Å². The predicted molar refractivity (Wildman–Crippen MR) is 114 cm³/mol. The van der Waals surface area contributed by atoms with Crippen LogP contribution < -0.4 is 15.4 Å². The number of methoxy groups -OCH3 is 1. The number of fused-ring (bicyclic) bond motifs is 2. The first-order valence-electron chi connectivity index (χ1n) is 9.73. The summed E-state index contributed by atoms with van der Waals surface area (Å²) in [6.45, 7) is 1.87. The second-order valence-corrected chi connectivity index (χ2v) is 7.32. The number of aromatic nitrogens is 2. The second kappa shape index (κ2) is 7.13. The van der Waals surface area contributed by atoms with Gasteiger partial charge in [0.1, 0.15) is 17.3 Å². The third kappa shape index (κ3) is 3.38. The number of hydrogen-bond acceptors (Lipinski definition) is 6. The van der Waals surface area contributed by atoms with Crippen molar-refractivity contribution >= 4 is 28.2 Å². The van der Waals surface area contributed by atoms with E-state index in [1.165, 1.54) is 11.1 Å². The summed E-state index contributed by atoms with van der Waals surface area (Å²) in [5.41, 5.74) is 4.48. The van der Waals surface area contributed by atoms with Crippen molar-refractivity contribution in [2.75, 3.05) is 17.7 Å². The minimum atomic E-state index is 0.211. The van der Waals surface area contributed by atoms with Gasteiger partial charge in [-0.3, -0.25) is 0 Å². The third-order valence-corrected chi connectivity index (χ3v) is 5.34. The van der Waals surface area contributed by atoms with Crippen LogP contribution in [0.25, 0.3) is 10.9 Å². The molecule has 0 aliphatic heterocycles. The fourth-order valence-corrected chi connectivity index (χ4v) is 4.00. The van der Waals surface area contributed by atoms with E-state index < -0.39 is 0 Å². The van der Waals surface area contributed by atoms with Crippen LogP contribution in [0.4, 0.5) is 17.3 Å². The Morgan fingerprint density at radius 1 is 1.07 bits per heavy atom. The molecule has 6 heteroatoms. The summed E-state index contributed by atoms with van der Waals surface area (Å²) in [7, 11) is 1.73. The van der Waals surface area contributed by atoms with Gasteiger partial charge in [0.15, 0.2) is 5.82 Å². The normalized spacial score (nSPS) is 15.3. The van der Waals surface area contributed by atoms with E-state index in [9.17, 15) is 0 Å². The van der Waals surface area contributed by atoms with Crippen molar-refractivity contribution in [2.45, 2.75) is 25.8 Å². The highest BCUT2D eigenvalue weighted by molar-refractivity contribution is 5.84. The van der Waals surface area contributed by atoms with Crippen molar-refractivity contribution in [1.29, 1.82) is 0 Å². The zero-order valence-corrected chi connectivity index (χ0v) is 16.4. The van der Waals surface area contributed by atoms with E-state index in [4.69, 9.17) is 14.2 Å². The first-order chi connectivity index (χ1) is 14.2. The van der Waals surface area contributed by atoms with Crippen molar-refractivity contribution in [1.82, 2.24) is 10.1 Å². The molecule has 2 aromatic heterocycles. The maximum Gasteiger partial charge on any atom is 0.174 e. The summed E-state index contributed by atoms with van der Waals surface area (Å²) in [5, 5.41) is 11.9. The number of pyridine rings is 1. The fraction of sp³-hybridized carbons (Fsp3) is 0.217. The zero-order valence-electron chi connectivity index (χ0n) is 16.4. The molecule has 2 aromatic carbocycles. The molecule has 1 aliphatic rings. The maximum absolute atomic E-state index is 5.58. The minimum Gasteiger partial charge on any atom is -0.496 e. The van der Waals surface area contributed by atoms with Crippen LogP contribution in [-0.4, -0.2) is 17.3 Å². The highest BCUT2D eigenvalue weighted by atomic mass is 16.5. The van der Waals surface area contributed by atoms with E-state index in [0.29, 0.717) is 5.82 Å². The van der Waals surface area contributed by atoms with E-state index in [1.54, 1.807) is 7.11 Å². The SMILES string of the molecule is COc1cccc2c1C(Nc1ccc3cc(Nc4cc(C)on4)ccc3n1)CC2. The first kappa shape index (κ1) is 17.6. The molecule has 1 atom stereocenters. The Hall–Kier alpha value is -3.54. The summed E-state index contributed by atoms with van der Waals surface area (Å²) >= 11 is 0. The lowest BCUT2D eigenvalue weighted by atomic mass is 10.1. The molecule has 0 radical (unpaired) electrons. The molecule has 0 saturated carbocycles. The van der Waals surface area contributed by atoms with Crippen molar-refractivity contribution in [3.8, 4) is 5.75 Å². The highest BCUT2D eigenvalue weighted by Crippen LogP contribution is 2.39. The lowest BCUT2D eigenvalue weighted by Crippen LogP contribution is -2.09. The Balaban J connectivity index is 1.38. The number of ether oxygens (including phenoxy) is 1. The number of hydrogen-bond donors (Lipinski definition) is 2. The highest BCUT2D eigenvalue weighted by Gasteiger charge is 2.26. The second-order valence-electron chi connectivity index (χ2n) is 7.32. The molecule has 0 spiro atoms. The number of rotatable bonds is 5. The largest absolute Gasteiger partial charge is 0.496 e. The molecule has 1 unspecified atom stereocenters. The van der Waals surface area contributed by atoms with Gasteiger partial charge in [-0.1, -0.05) is 17.3 Å². The summed E-state index contributed by atoms with van der Waals surface area (Å²) in [6, 6.07) is 18.5. The smallest absolute Gasteiger partial charge is 0.174 e. The van der Waals surface area contributed by atoms with Gasteiger partial charge in [-0.2, -0.15) is 0 Å². The number of nitrogens with zero attached hydrogens (tertiary/aromatic N) is 2. The van der Waals surface area contributed by atoms with Crippen LogP contribution in [0, 0.1) is 6.92 Å². The van der Waals surface area contributed by atoms with Gasteiger partial charge >= 0.3 is 0 Å². The van der Waals surface area contributed by atoms with E-state index in [1.807, 2.05) is 37.3 Å². The van der Waals surface area contributed by atoms with Crippen molar-refractivity contribution in [3.63, 3.8) is 0 Å². The molecule has 0 bridgehead atoms. The van der Waals surface area contributed by atoms with Gasteiger partial charge in [-0.15, -0.1) is 0 Å². The topological polar surface area (TPSA) is 72.2 Å². The van der Waals surface area contributed by atoms with Crippen LogP contribution in [0.3, 0.4) is 0 Å². The zero-order chi connectivity index (χ0) is 19.8. The van der Waals surface area contributed by atoms with Crippen LogP contribution in [0.2, 0.25) is 0 Å². The molecule has 4 aromatic rings. The van der Waals surface area contributed by atoms with Gasteiger partial charge in [0, 0.05) is 22.7 Å². The molecule has 2 heterocycles. The summed E-state index contributed by atoms with van der Waals surface area (Å²) in [4.78, 5) is 4.81. The van der Waals surface area contributed by atoms with Crippen LogP contribution in [0.15, 0.2) is 59.1 Å². The minimum absolute atomic E-state index is 0.211. The third-order valence-electron chi connectivity index (χ3n) is 5.34. The Morgan fingerprint density at radius 2 is 2.00 bits per heavy atom. The van der Waals surface area contributed by atoms with E-state index >= 15 is 0 Å². The number of anilines is 3. The summed E-state index contributed by atoms with van der Waals surface area (Å²) < 4.78 is 10.7. The van der Waals surface area contributed by atoms with Gasteiger partial charge < -0.3 is 19.9 Å². The van der Waals surface area contributed by atoms with Gasteiger partial charge in [0.2, 0.25) is 0 Å². The Kier molecular flexibility index (Phi) is 4.31. The van der Waals surface area contributed by atoms with Crippen molar-refractivity contribution in [2.24, 2.45) is 0 Å². The average Bonchev–Trinajstić information content (AvgIpc) is 3.34. The molecule has 1 aliphatic carbocycles. The quantitative estimate of drug-likeness (QED) is 0.480. The molecule has 0 amide bonds. The van der Waals surface area contributed by atoms with Gasteiger partial charge in [0.25, 0.3) is 0 Å². The molecule has 5 rings (SSSR count). The van der Waals surface area contributed by atoms with Crippen molar-refractivity contribution in [3.05, 3.63) is 71.5 Å². The van der Waals surface area contributed by atoms with E-state index in [0.717, 1.165) is 46.8 Å². The number of nitrogens with one attached hydrogen (secondary N) is 2. The maximum atomic E-state index is 5.58. The van der Waals surface area contributed by atoms with E-state index in [-0.39, 0.29) is 6.04 Å². The number of benzene rings is 2. The molecular weight excluding hydrogens is 364 g/mol. The Morgan fingerprint density at radius 3 is 2.83 bits per heavy atom. The summed E-state index contributed by atoms with van der Waals surface area (Å²) in [5.74, 6) is 3.28. The van der Waals surface area contributed by atoms with E-state index in [2.05, 4.69) is 40.1 Å². The molecule has 6 nitrogen and oxygen atoms in total. The average molecular weight is 386 g/mol.